The van der Waals surface area contributed by atoms with E-state index in [1.807, 2.05) is 13.0 Å². The van der Waals surface area contributed by atoms with Gasteiger partial charge in [-0.3, -0.25) is 0 Å². The van der Waals surface area contributed by atoms with Gasteiger partial charge in [0.25, 0.3) is 0 Å². The fourth-order valence-electron chi connectivity index (χ4n) is 4.57. The first-order valence-electron chi connectivity index (χ1n) is 9.79. The Labute approximate surface area is 174 Å². The first-order chi connectivity index (χ1) is 14.4. The molecule has 0 radical (unpaired) electrons. The van der Waals surface area contributed by atoms with E-state index >= 15 is 0 Å². The molecule has 2 heterocycles. The Morgan fingerprint density at radius 1 is 1.06 bits per heavy atom. The Morgan fingerprint density at radius 2 is 1.81 bits per heavy atom. The van der Waals surface area contributed by atoms with Crippen LogP contribution in [0.1, 0.15) is 36.1 Å². The maximum Gasteiger partial charge on any atom is 0.433 e. The van der Waals surface area contributed by atoms with Crippen molar-refractivity contribution in [1.82, 2.24) is 4.98 Å². The van der Waals surface area contributed by atoms with Crippen LogP contribution in [-0.2, 0) is 12.4 Å². The van der Waals surface area contributed by atoms with E-state index in [1.54, 1.807) is 18.2 Å². The monoisotopic (exact) mass is 442 g/mol. The van der Waals surface area contributed by atoms with Gasteiger partial charge in [-0.1, -0.05) is 12.1 Å². The standard InChI is InChI=1S/C21H20F6N4/c1-11-3-2-4-14(7-11)29-19(28)18-12-5-6-15(8-12)31(18)17-10-13(20(22,23)24)9-16(30-17)21(25,26)27/h2-4,7,9-10,12,15,18H,5-6,8H2,1H3,(H2,28,29)/t12-,15+,18-/m0/s1. The molecule has 1 aromatic heterocycles. The molecule has 3 atom stereocenters. The predicted molar refractivity (Wildman–Crippen MR) is 104 cm³/mol. The number of aryl methyl sites for hydroxylation is 1. The highest BCUT2D eigenvalue weighted by Crippen LogP contribution is 2.46. The average molecular weight is 442 g/mol. The van der Waals surface area contributed by atoms with Crippen LogP contribution < -0.4 is 10.6 Å². The zero-order chi connectivity index (χ0) is 22.6. The second kappa shape index (κ2) is 7.42. The molecule has 0 spiro atoms. The van der Waals surface area contributed by atoms with Crippen LogP contribution in [0.3, 0.4) is 0 Å². The van der Waals surface area contributed by atoms with Gasteiger partial charge in [-0.15, -0.1) is 0 Å². The summed E-state index contributed by atoms with van der Waals surface area (Å²) >= 11 is 0. The summed E-state index contributed by atoms with van der Waals surface area (Å²) in [7, 11) is 0. The van der Waals surface area contributed by atoms with Crippen LogP contribution in [0.4, 0.5) is 37.8 Å². The third-order valence-corrected chi connectivity index (χ3v) is 5.84. The van der Waals surface area contributed by atoms with Gasteiger partial charge in [0.1, 0.15) is 17.3 Å². The van der Waals surface area contributed by atoms with Gasteiger partial charge in [0, 0.05) is 6.04 Å². The highest BCUT2D eigenvalue weighted by atomic mass is 19.4. The first kappa shape index (κ1) is 21.5. The number of piperidine rings is 1. The quantitative estimate of drug-likeness (QED) is 0.390. The van der Waals surface area contributed by atoms with Crippen molar-refractivity contribution >= 4 is 17.3 Å². The molecule has 1 saturated heterocycles. The molecule has 2 aliphatic rings. The molecule has 2 bridgehead atoms. The molecule has 10 heteroatoms. The maximum absolute atomic E-state index is 13.3. The number of aromatic nitrogens is 1. The third kappa shape index (κ3) is 4.20. The summed E-state index contributed by atoms with van der Waals surface area (Å²) in [5.41, 5.74) is 4.82. The zero-order valence-corrected chi connectivity index (χ0v) is 16.5. The second-order valence-corrected chi connectivity index (χ2v) is 8.05. The Hall–Kier alpha value is -2.78. The van der Waals surface area contributed by atoms with Crippen molar-refractivity contribution in [2.75, 3.05) is 4.90 Å². The van der Waals surface area contributed by atoms with Crippen LogP contribution >= 0.6 is 0 Å². The van der Waals surface area contributed by atoms with Gasteiger partial charge in [0.05, 0.1) is 17.3 Å². The van der Waals surface area contributed by atoms with Crippen LogP contribution in [0.2, 0.25) is 0 Å². The lowest BCUT2D eigenvalue weighted by atomic mass is 9.97. The summed E-state index contributed by atoms with van der Waals surface area (Å²) < 4.78 is 79.9. The molecule has 2 aromatic rings. The van der Waals surface area contributed by atoms with Crippen LogP contribution in [-0.4, -0.2) is 22.9 Å². The smallest absolute Gasteiger partial charge is 0.385 e. The molecule has 1 saturated carbocycles. The number of anilines is 1. The number of nitrogens with two attached hydrogens (primary N) is 1. The summed E-state index contributed by atoms with van der Waals surface area (Å²) in [6, 6.07) is 7.07. The van der Waals surface area contributed by atoms with Gasteiger partial charge in [0.15, 0.2) is 0 Å². The minimum atomic E-state index is -5.01. The lowest BCUT2D eigenvalue weighted by Gasteiger charge is -2.36. The molecule has 31 heavy (non-hydrogen) atoms. The van der Waals surface area contributed by atoms with E-state index in [1.165, 1.54) is 4.90 Å². The van der Waals surface area contributed by atoms with Gasteiger partial charge >= 0.3 is 12.4 Å². The van der Waals surface area contributed by atoms with Crippen molar-refractivity contribution < 1.29 is 26.3 Å². The number of alkyl halides is 6. The fourth-order valence-corrected chi connectivity index (χ4v) is 4.57. The third-order valence-electron chi connectivity index (χ3n) is 5.84. The fraction of sp³-hybridized carbons (Fsp3) is 0.429. The highest BCUT2D eigenvalue weighted by molar-refractivity contribution is 5.92. The number of fused-ring (bicyclic) bond motifs is 2. The molecule has 166 valence electrons. The van der Waals surface area contributed by atoms with Crippen molar-refractivity contribution in [1.29, 1.82) is 0 Å². The molecular weight excluding hydrogens is 422 g/mol. The van der Waals surface area contributed by atoms with Crippen molar-refractivity contribution in [3.8, 4) is 0 Å². The molecular formula is C21H20F6N4. The number of rotatable bonds is 3. The number of halogens is 6. The molecule has 4 nitrogen and oxygen atoms in total. The first-order valence-corrected chi connectivity index (χ1v) is 9.79. The Kier molecular flexibility index (Phi) is 5.13. The number of amidine groups is 1. The molecule has 1 aliphatic carbocycles. The lowest BCUT2D eigenvalue weighted by Crippen LogP contribution is -2.49. The van der Waals surface area contributed by atoms with Gasteiger partial charge in [-0.05, 0) is 61.9 Å². The van der Waals surface area contributed by atoms with Crippen molar-refractivity contribution in [3.63, 3.8) is 0 Å². The van der Waals surface area contributed by atoms with E-state index in [2.05, 4.69) is 9.98 Å². The van der Waals surface area contributed by atoms with Crippen molar-refractivity contribution in [3.05, 3.63) is 53.2 Å². The summed E-state index contributed by atoms with van der Waals surface area (Å²) in [4.78, 5) is 9.48. The van der Waals surface area contributed by atoms with Crippen LogP contribution in [0.25, 0.3) is 0 Å². The van der Waals surface area contributed by atoms with Gasteiger partial charge < -0.3 is 10.6 Å². The molecule has 1 aromatic carbocycles. The van der Waals surface area contributed by atoms with E-state index in [0.29, 0.717) is 24.6 Å². The van der Waals surface area contributed by atoms with Crippen molar-refractivity contribution in [2.24, 2.45) is 16.6 Å². The van der Waals surface area contributed by atoms with E-state index in [0.717, 1.165) is 12.0 Å². The number of benzene rings is 1. The van der Waals surface area contributed by atoms with Gasteiger partial charge in [-0.2, -0.15) is 26.3 Å². The highest BCUT2D eigenvalue weighted by Gasteiger charge is 2.49. The number of pyridine rings is 1. The summed E-state index contributed by atoms with van der Waals surface area (Å²) in [5.74, 6) is -0.225. The number of hydrogen-bond donors (Lipinski definition) is 1. The minimum Gasteiger partial charge on any atom is -0.385 e. The number of hydrogen-bond acceptors (Lipinski definition) is 3. The molecule has 2 fully saturated rings. The van der Waals surface area contributed by atoms with E-state index in [4.69, 9.17) is 5.73 Å². The SMILES string of the molecule is Cc1cccc(N=C(N)[C@@H]2[C@H]3CC[C@H](C3)N2c2cc(C(F)(F)F)cc(C(F)(F)F)n2)c1. The number of nitrogens with zero attached hydrogens (tertiary/aromatic N) is 3. The summed E-state index contributed by atoms with van der Waals surface area (Å²) in [5, 5.41) is 0. The normalized spacial score (nSPS) is 24.2. The minimum absolute atomic E-state index is 0.00996. The zero-order valence-electron chi connectivity index (χ0n) is 16.5. The number of aliphatic imine (C=N–C) groups is 1. The Bertz CT molecular complexity index is 981. The topological polar surface area (TPSA) is 54.5 Å². The van der Waals surface area contributed by atoms with Gasteiger partial charge in [0.2, 0.25) is 0 Å². The van der Waals surface area contributed by atoms with E-state index in [9.17, 15) is 26.3 Å². The van der Waals surface area contributed by atoms with Crippen molar-refractivity contribution in [2.45, 2.75) is 50.6 Å². The second-order valence-electron chi connectivity index (χ2n) is 8.05. The molecule has 0 amide bonds. The Balaban J connectivity index is 1.78. The summed E-state index contributed by atoms with van der Waals surface area (Å²) in [6.45, 7) is 1.88. The Morgan fingerprint density at radius 3 is 2.45 bits per heavy atom. The lowest BCUT2D eigenvalue weighted by molar-refractivity contribution is -0.145. The molecule has 4 rings (SSSR count). The largest absolute Gasteiger partial charge is 0.433 e. The van der Waals surface area contributed by atoms with Gasteiger partial charge in [-0.25, -0.2) is 9.98 Å². The predicted octanol–water partition coefficient (Wildman–Crippen LogP) is 5.47. The summed E-state index contributed by atoms with van der Waals surface area (Å²) in [6.07, 6.45) is -7.90. The van der Waals surface area contributed by atoms with E-state index < -0.39 is 29.7 Å². The van der Waals surface area contributed by atoms with Crippen LogP contribution in [0, 0.1) is 12.8 Å². The van der Waals surface area contributed by atoms with Crippen LogP contribution in [0.15, 0.2) is 41.4 Å². The van der Waals surface area contributed by atoms with Crippen LogP contribution in [0.5, 0.6) is 0 Å². The van der Waals surface area contributed by atoms with E-state index in [-0.39, 0.29) is 29.7 Å². The average Bonchev–Trinajstić information content (AvgIpc) is 3.27. The molecule has 2 N–H and O–H groups in total. The molecule has 0 unspecified atom stereocenters. The molecule has 1 aliphatic heterocycles. The maximum atomic E-state index is 13.3.